The van der Waals surface area contributed by atoms with Gasteiger partial charge in [-0.1, -0.05) is 12.1 Å². The summed E-state index contributed by atoms with van der Waals surface area (Å²) in [6.45, 7) is 5.28. The molecule has 0 aliphatic carbocycles. The summed E-state index contributed by atoms with van der Waals surface area (Å²) in [6.07, 6.45) is 1.32. The Balaban J connectivity index is 2.11. The molecule has 0 spiro atoms. The van der Waals surface area contributed by atoms with Crippen LogP contribution in [-0.2, 0) is 4.79 Å². The summed E-state index contributed by atoms with van der Waals surface area (Å²) in [4.78, 5) is 28.9. The van der Waals surface area contributed by atoms with Crippen LogP contribution < -0.4 is 10.6 Å². The van der Waals surface area contributed by atoms with Crippen molar-refractivity contribution < 1.29 is 9.59 Å². The lowest BCUT2D eigenvalue weighted by Gasteiger charge is -2.05. The van der Waals surface area contributed by atoms with Crippen LogP contribution in [0.4, 0.5) is 10.8 Å². The van der Waals surface area contributed by atoms with Gasteiger partial charge in [0.05, 0.1) is 5.69 Å². The summed E-state index contributed by atoms with van der Waals surface area (Å²) < 4.78 is 0. The highest BCUT2D eigenvalue weighted by Gasteiger charge is 2.11. The molecule has 2 rings (SSSR count). The second kappa shape index (κ2) is 7.53. The van der Waals surface area contributed by atoms with E-state index >= 15 is 0 Å². The van der Waals surface area contributed by atoms with Crippen molar-refractivity contribution >= 4 is 33.8 Å². The van der Waals surface area contributed by atoms with Crippen molar-refractivity contribution in [3.8, 4) is 6.07 Å². The van der Waals surface area contributed by atoms with Crippen molar-refractivity contribution in [2.24, 2.45) is 0 Å². The number of aryl methyl sites for hydroxylation is 2. The van der Waals surface area contributed by atoms with E-state index in [1.165, 1.54) is 24.5 Å². The van der Waals surface area contributed by atoms with E-state index < -0.39 is 5.91 Å². The number of amides is 1. The fraction of sp³-hybridized carbons (Fsp3) is 0.176. The molecule has 0 saturated heterocycles. The Labute approximate surface area is 143 Å². The van der Waals surface area contributed by atoms with Gasteiger partial charge in [-0.05, 0) is 32.9 Å². The highest BCUT2D eigenvalue weighted by atomic mass is 32.1. The molecule has 0 saturated carbocycles. The van der Waals surface area contributed by atoms with Crippen molar-refractivity contribution in [3.05, 3.63) is 52.2 Å². The van der Waals surface area contributed by atoms with Gasteiger partial charge < -0.3 is 10.6 Å². The van der Waals surface area contributed by atoms with Gasteiger partial charge in [0, 0.05) is 22.3 Å². The number of anilines is 2. The van der Waals surface area contributed by atoms with Crippen LogP contribution in [0.25, 0.3) is 0 Å². The molecule has 1 amide bonds. The molecule has 6 nitrogen and oxygen atoms in total. The largest absolute Gasteiger partial charge is 0.337 e. The zero-order valence-corrected chi connectivity index (χ0v) is 14.3. The molecule has 2 N–H and O–H groups in total. The van der Waals surface area contributed by atoms with Crippen LogP contribution in [0.1, 0.15) is 27.9 Å². The monoisotopic (exact) mass is 340 g/mol. The number of benzene rings is 1. The third-order valence-electron chi connectivity index (χ3n) is 3.26. The first-order valence-corrected chi connectivity index (χ1v) is 7.95. The maximum atomic E-state index is 12.2. The molecule has 122 valence electrons. The van der Waals surface area contributed by atoms with Gasteiger partial charge in [-0.2, -0.15) is 5.26 Å². The van der Waals surface area contributed by atoms with Crippen LogP contribution in [0.2, 0.25) is 0 Å². The number of thiazole rings is 1. The fourth-order valence-corrected chi connectivity index (χ4v) is 2.62. The van der Waals surface area contributed by atoms with E-state index in [-0.39, 0.29) is 11.4 Å². The maximum Gasteiger partial charge on any atom is 0.267 e. The Morgan fingerprint density at radius 1 is 1.33 bits per heavy atom. The summed E-state index contributed by atoms with van der Waals surface area (Å²) in [5.41, 5.74) is 1.76. The average Bonchev–Trinajstić information content (AvgIpc) is 2.86. The van der Waals surface area contributed by atoms with Crippen LogP contribution in [0.3, 0.4) is 0 Å². The number of nitrogens with zero attached hydrogens (tertiary/aromatic N) is 2. The Morgan fingerprint density at radius 2 is 2.08 bits per heavy atom. The van der Waals surface area contributed by atoms with Crippen LogP contribution in [0.5, 0.6) is 0 Å². The van der Waals surface area contributed by atoms with E-state index in [2.05, 4.69) is 15.6 Å². The quantitative estimate of drug-likeness (QED) is 0.494. The topological polar surface area (TPSA) is 94.9 Å². The van der Waals surface area contributed by atoms with Gasteiger partial charge in [-0.3, -0.25) is 9.59 Å². The Morgan fingerprint density at radius 3 is 2.67 bits per heavy atom. The lowest BCUT2D eigenvalue weighted by atomic mass is 10.1. The lowest BCUT2D eigenvalue weighted by Crippen LogP contribution is -2.14. The van der Waals surface area contributed by atoms with Gasteiger partial charge in [-0.15, -0.1) is 11.3 Å². The summed E-state index contributed by atoms with van der Waals surface area (Å²) in [5, 5.41) is 15.2. The molecule has 1 heterocycles. The number of Topliss-reactive ketones (excluding diaryl/α,β-unsaturated/α-hetero) is 1. The molecule has 0 atom stereocenters. The number of carbonyl (C=O) groups excluding carboxylic acids is 2. The number of nitriles is 1. The molecule has 0 aliphatic rings. The highest BCUT2D eigenvalue weighted by molar-refractivity contribution is 7.15. The van der Waals surface area contributed by atoms with Crippen molar-refractivity contribution in [3.63, 3.8) is 0 Å². The van der Waals surface area contributed by atoms with E-state index in [1.807, 2.05) is 19.9 Å². The van der Waals surface area contributed by atoms with E-state index in [9.17, 15) is 9.59 Å². The molecule has 2 aromatic rings. The second-order valence-corrected chi connectivity index (χ2v) is 6.27. The smallest absolute Gasteiger partial charge is 0.267 e. The summed E-state index contributed by atoms with van der Waals surface area (Å²) in [5.74, 6) is -0.658. The molecule has 0 bridgehead atoms. The normalized spacial score (nSPS) is 10.8. The Kier molecular flexibility index (Phi) is 5.45. The summed E-state index contributed by atoms with van der Waals surface area (Å²) in [7, 11) is 0. The van der Waals surface area contributed by atoms with Gasteiger partial charge in [0.25, 0.3) is 5.91 Å². The molecule has 1 aromatic carbocycles. The number of hydrogen-bond acceptors (Lipinski definition) is 6. The van der Waals surface area contributed by atoms with Crippen LogP contribution >= 0.6 is 11.3 Å². The lowest BCUT2D eigenvalue weighted by molar-refractivity contribution is -0.112. The molecular formula is C17H16N4O2S. The summed E-state index contributed by atoms with van der Waals surface area (Å²) in [6, 6.07) is 8.39. The molecule has 0 unspecified atom stereocenters. The SMILES string of the molecule is CC(=O)c1cccc(NC(=O)/C(C#N)=C\Nc2nc(C)c(C)s2)c1. The molecule has 7 heteroatoms. The number of carbonyl (C=O) groups is 2. The van der Waals surface area contributed by atoms with Gasteiger partial charge >= 0.3 is 0 Å². The standard InChI is InChI=1S/C17H16N4O2S/c1-10-12(3)24-17(20-10)19-9-14(8-18)16(23)21-15-6-4-5-13(7-15)11(2)22/h4-7,9H,1-3H3,(H,19,20)(H,21,23)/b14-9-. The number of rotatable bonds is 5. The van der Waals surface area contributed by atoms with E-state index in [0.29, 0.717) is 16.4 Å². The first-order chi connectivity index (χ1) is 11.4. The Bertz CT molecular complexity index is 842. The minimum atomic E-state index is -0.560. The highest BCUT2D eigenvalue weighted by Crippen LogP contribution is 2.21. The van der Waals surface area contributed by atoms with E-state index in [0.717, 1.165) is 10.6 Å². The molecule has 0 fully saturated rings. The molecule has 1 aromatic heterocycles. The third-order valence-corrected chi connectivity index (χ3v) is 4.26. The zero-order chi connectivity index (χ0) is 17.7. The van der Waals surface area contributed by atoms with Crippen LogP contribution in [0.15, 0.2) is 36.0 Å². The van der Waals surface area contributed by atoms with E-state index in [4.69, 9.17) is 5.26 Å². The van der Waals surface area contributed by atoms with Crippen LogP contribution in [-0.4, -0.2) is 16.7 Å². The minimum absolute atomic E-state index is 0.0891. The second-order valence-electron chi connectivity index (χ2n) is 5.07. The van der Waals surface area contributed by atoms with Crippen molar-refractivity contribution in [1.82, 2.24) is 4.98 Å². The first-order valence-electron chi connectivity index (χ1n) is 7.14. The number of hydrogen-bond donors (Lipinski definition) is 2. The van der Waals surface area contributed by atoms with Gasteiger partial charge in [0.15, 0.2) is 10.9 Å². The maximum absolute atomic E-state index is 12.2. The minimum Gasteiger partial charge on any atom is -0.337 e. The van der Waals surface area contributed by atoms with Crippen molar-refractivity contribution in [1.29, 1.82) is 5.26 Å². The van der Waals surface area contributed by atoms with Gasteiger partial charge in [0.2, 0.25) is 0 Å². The van der Waals surface area contributed by atoms with Crippen molar-refractivity contribution in [2.75, 3.05) is 10.6 Å². The molecule has 0 aliphatic heterocycles. The third kappa shape index (κ3) is 4.27. The average molecular weight is 340 g/mol. The Hall–Kier alpha value is -2.98. The zero-order valence-electron chi connectivity index (χ0n) is 13.5. The van der Waals surface area contributed by atoms with Crippen LogP contribution in [0, 0.1) is 25.2 Å². The van der Waals surface area contributed by atoms with Gasteiger partial charge in [-0.25, -0.2) is 4.98 Å². The predicted molar refractivity (Wildman–Crippen MR) is 94.0 cm³/mol. The van der Waals surface area contributed by atoms with E-state index in [1.54, 1.807) is 24.3 Å². The number of nitrogens with one attached hydrogen (secondary N) is 2. The van der Waals surface area contributed by atoms with Crippen molar-refractivity contribution in [2.45, 2.75) is 20.8 Å². The summed E-state index contributed by atoms with van der Waals surface area (Å²) >= 11 is 1.44. The molecule has 0 radical (unpaired) electrons. The number of aromatic nitrogens is 1. The number of ketones is 1. The first kappa shape index (κ1) is 17.4. The molecular weight excluding hydrogens is 324 g/mol. The molecule has 24 heavy (non-hydrogen) atoms. The fourth-order valence-electron chi connectivity index (χ4n) is 1.83. The predicted octanol–water partition coefficient (Wildman–Crippen LogP) is 3.42. The van der Waals surface area contributed by atoms with Gasteiger partial charge in [0.1, 0.15) is 11.6 Å².